The highest BCUT2D eigenvalue weighted by Gasteiger charge is 2.31. The third kappa shape index (κ3) is 3.31. The van der Waals surface area contributed by atoms with Gasteiger partial charge in [-0.2, -0.15) is 4.31 Å². The quantitative estimate of drug-likeness (QED) is 0.861. The number of sulfonamides is 1. The smallest absolute Gasteiger partial charge is 0.244 e. The molecule has 5 nitrogen and oxygen atoms in total. The number of aliphatic hydroxyl groups is 1. The van der Waals surface area contributed by atoms with Crippen LogP contribution in [-0.4, -0.2) is 42.5 Å². The lowest BCUT2D eigenvalue weighted by atomic mass is 9.87. The number of aromatic nitrogens is 1. The Morgan fingerprint density at radius 2 is 2.00 bits per heavy atom. The molecule has 1 fully saturated rings. The third-order valence-corrected chi connectivity index (χ3v) is 6.08. The number of aliphatic hydroxyl groups excluding tert-OH is 1. The van der Waals surface area contributed by atoms with E-state index in [2.05, 4.69) is 4.98 Å². The molecule has 20 heavy (non-hydrogen) atoms. The van der Waals surface area contributed by atoms with E-state index in [0.29, 0.717) is 5.92 Å². The fourth-order valence-corrected chi connectivity index (χ4v) is 4.04. The third-order valence-electron chi connectivity index (χ3n) is 3.97. The van der Waals surface area contributed by atoms with Crippen molar-refractivity contribution in [3.05, 3.63) is 23.5 Å². The summed E-state index contributed by atoms with van der Waals surface area (Å²) in [6.07, 6.45) is 4.57. The average molecular weight is 319 g/mol. The van der Waals surface area contributed by atoms with Crippen LogP contribution >= 0.6 is 11.6 Å². The SMILES string of the molecule is CN(C1CCC(CO)CC1)S(=O)(=O)c1ccc(Cl)nc1. The Kier molecular flexibility index (Phi) is 5.01. The number of hydrogen-bond acceptors (Lipinski definition) is 4. The van der Waals surface area contributed by atoms with Crippen LogP contribution < -0.4 is 0 Å². The van der Waals surface area contributed by atoms with Crippen molar-refractivity contribution in [2.24, 2.45) is 5.92 Å². The van der Waals surface area contributed by atoms with Crippen molar-refractivity contribution in [1.82, 2.24) is 9.29 Å². The first kappa shape index (κ1) is 15.7. The second kappa shape index (κ2) is 6.39. The molecular weight excluding hydrogens is 300 g/mol. The topological polar surface area (TPSA) is 70.5 Å². The minimum Gasteiger partial charge on any atom is -0.396 e. The van der Waals surface area contributed by atoms with Crippen LogP contribution in [0.3, 0.4) is 0 Å². The van der Waals surface area contributed by atoms with Crippen molar-refractivity contribution >= 4 is 21.6 Å². The summed E-state index contributed by atoms with van der Waals surface area (Å²) in [5.74, 6) is 0.305. The zero-order valence-corrected chi connectivity index (χ0v) is 12.9. The molecule has 0 bridgehead atoms. The van der Waals surface area contributed by atoms with E-state index in [1.165, 1.54) is 22.6 Å². The van der Waals surface area contributed by atoms with Gasteiger partial charge in [-0.3, -0.25) is 0 Å². The van der Waals surface area contributed by atoms with Gasteiger partial charge in [0, 0.05) is 25.9 Å². The van der Waals surface area contributed by atoms with Crippen molar-refractivity contribution < 1.29 is 13.5 Å². The molecule has 2 rings (SSSR count). The summed E-state index contributed by atoms with van der Waals surface area (Å²) < 4.78 is 26.4. The number of rotatable bonds is 4. The zero-order chi connectivity index (χ0) is 14.8. The zero-order valence-electron chi connectivity index (χ0n) is 11.4. The average Bonchev–Trinajstić information content (AvgIpc) is 2.47. The van der Waals surface area contributed by atoms with Gasteiger partial charge in [-0.25, -0.2) is 13.4 Å². The van der Waals surface area contributed by atoms with Gasteiger partial charge in [-0.05, 0) is 43.7 Å². The van der Waals surface area contributed by atoms with Gasteiger partial charge in [0.15, 0.2) is 0 Å². The molecule has 1 aromatic heterocycles. The summed E-state index contributed by atoms with van der Waals surface area (Å²) in [5.41, 5.74) is 0. The van der Waals surface area contributed by atoms with Crippen molar-refractivity contribution in [1.29, 1.82) is 0 Å². The van der Waals surface area contributed by atoms with E-state index in [1.54, 1.807) is 7.05 Å². The van der Waals surface area contributed by atoms with Crippen LogP contribution in [0, 0.1) is 5.92 Å². The fraction of sp³-hybridized carbons (Fsp3) is 0.615. The van der Waals surface area contributed by atoms with Gasteiger partial charge >= 0.3 is 0 Å². The highest BCUT2D eigenvalue weighted by atomic mass is 35.5. The molecule has 0 aliphatic heterocycles. The van der Waals surface area contributed by atoms with Gasteiger partial charge in [0.05, 0.1) is 0 Å². The van der Waals surface area contributed by atoms with Crippen molar-refractivity contribution in [2.75, 3.05) is 13.7 Å². The summed E-state index contributed by atoms with van der Waals surface area (Å²) in [5, 5.41) is 9.40. The summed E-state index contributed by atoms with van der Waals surface area (Å²) in [6, 6.07) is 2.93. The first-order chi connectivity index (χ1) is 9.45. The lowest BCUT2D eigenvalue weighted by Crippen LogP contribution is -2.39. The number of halogens is 1. The van der Waals surface area contributed by atoms with Gasteiger partial charge in [-0.15, -0.1) is 0 Å². The molecule has 0 radical (unpaired) electrons. The van der Waals surface area contributed by atoms with E-state index in [1.807, 2.05) is 0 Å². The second-order valence-electron chi connectivity index (χ2n) is 5.19. The molecule has 0 spiro atoms. The van der Waals surface area contributed by atoms with Gasteiger partial charge in [0.25, 0.3) is 0 Å². The lowest BCUT2D eigenvalue weighted by Gasteiger charge is -2.33. The predicted octanol–water partition coefficient (Wildman–Crippen LogP) is 1.91. The van der Waals surface area contributed by atoms with Gasteiger partial charge in [0.2, 0.25) is 10.0 Å². The number of nitrogens with zero attached hydrogens (tertiary/aromatic N) is 2. The molecule has 0 saturated heterocycles. The Morgan fingerprint density at radius 3 is 2.50 bits per heavy atom. The first-order valence-electron chi connectivity index (χ1n) is 6.65. The fourth-order valence-electron chi connectivity index (χ4n) is 2.57. The minimum absolute atomic E-state index is 0.0153. The van der Waals surface area contributed by atoms with E-state index < -0.39 is 10.0 Å². The summed E-state index contributed by atoms with van der Waals surface area (Å²) in [7, 11) is -1.92. The van der Waals surface area contributed by atoms with Crippen LogP contribution in [-0.2, 0) is 10.0 Å². The highest BCUT2D eigenvalue weighted by molar-refractivity contribution is 7.89. The van der Waals surface area contributed by atoms with Crippen molar-refractivity contribution in [2.45, 2.75) is 36.6 Å². The van der Waals surface area contributed by atoms with Gasteiger partial charge in [0.1, 0.15) is 10.0 Å². The van der Waals surface area contributed by atoms with Crippen molar-refractivity contribution in [3.63, 3.8) is 0 Å². The van der Waals surface area contributed by atoms with Gasteiger partial charge < -0.3 is 5.11 Å². The maximum absolute atomic E-state index is 12.5. The summed E-state index contributed by atoms with van der Waals surface area (Å²) in [6.45, 7) is 0.185. The maximum atomic E-state index is 12.5. The normalized spacial score (nSPS) is 24.0. The molecule has 1 heterocycles. The largest absolute Gasteiger partial charge is 0.396 e. The Morgan fingerprint density at radius 1 is 1.35 bits per heavy atom. The molecule has 0 unspecified atom stereocenters. The lowest BCUT2D eigenvalue weighted by molar-refractivity contribution is 0.159. The molecule has 1 saturated carbocycles. The number of hydrogen-bond donors (Lipinski definition) is 1. The van der Waals surface area contributed by atoms with E-state index in [9.17, 15) is 8.42 Å². The Hall–Kier alpha value is -0.690. The van der Waals surface area contributed by atoms with Crippen LogP contribution in [0.15, 0.2) is 23.2 Å². The molecule has 0 amide bonds. The van der Waals surface area contributed by atoms with Crippen LogP contribution in [0.25, 0.3) is 0 Å². The van der Waals surface area contributed by atoms with Crippen LogP contribution in [0.1, 0.15) is 25.7 Å². The number of pyridine rings is 1. The van der Waals surface area contributed by atoms with E-state index in [4.69, 9.17) is 16.7 Å². The monoisotopic (exact) mass is 318 g/mol. The Labute approximate surface area is 124 Å². The molecule has 1 N–H and O–H groups in total. The standard InChI is InChI=1S/C13H19ClN2O3S/c1-16(11-4-2-10(9-17)3-5-11)20(18,19)12-6-7-13(14)15-8-12/h6-8,10-11,17H,2-5,9H2,1H3. The minimum atomic E-state index is -3.53. The molecule has 1 aliphatic rings. The summed E-state index contributed by atoms with van der Waals surface area (Å²) >= 11 is 5.68. The maximum Gasteiger partial charge on any atom is 0.244 e. The van der Waals surface area contributed by atoms with E-state index >= 15 is 0 Å². The summed E-state index contributed by atoms with van der Waals surface area (Å²) in [4.78, 5) is 3.99. The first-order valence-corrected chi connectivity index (χ1v) is 8.47. The molecule has 1 aromatic rings. The van der Waals surface area contributed by atoms with Crippen molar-refractivity contribution in [3.8, 4) is 0 Å². The van der Waals surface area contributed by atoms with Crippen LogP contribution in [0.4, 0.5) is 0 Å². The molecule has 112 valence electrons. The van der Waals surface area contributed by atoms with E-state index in [-0.39, 0.29) is 22.7 Å². The van der Waals surface area contributed by atoms with Gasteiger partial charge in [-0.1, -0.05) is 11.6 Å². The predicted molar refractivity (Wildman–Crippen MR) is 77.0 cm³/mol. The molecule has 7 heteroatoms. The highest BCUT2D eigenvalue weighted by Crippen LogP contribution is 2.29. The Balaban J connectivity index is 2.11. The second-order valence-corrected chi connectivity index (χ2v) is 7.58. The Bertz CT molecular complexity index is 539. The van der Waals surface area contributed by atoms with Crippen LogP contribution in [0.2, 0.25) is 5.15 Å². The molecule has 1 aliphatic carbocycles. The molecule has 0 aromatic carbocycles. The molecule has 0 atom stereocenters. The van der Waals surface area contributed by atoms with E-state index in [0.717, 1.165) is 25.7 Å². The molecular formula is C13H19ClN2O3S. The van der Waals surface area contributed by atoms with Crippen LogP contribution in [0.5, 0.6) is 0 Å².